The van der Waals surface area contributed by atoms with Gasteiger partial charge in [0.1, 0.15) is 11.5 Å². The first kappa shape index (κ1) is 9.52. The molecule has 0 atom stereocenters. The van der Waals surface area contributed by atoms with Crippen LogP contribution in [0.3, 0.4) is 0 Å². The second kappa shape index (κ2) is 4.00. The van der Waals surface area contributed by atoms with Crippen LogP contribution in [0, 0.1) is 0 Å². The van der Waals surface area contributed by atoms with Crippen molar-refractivity contribution >= 4 is 6.29 Å². The maximum absolute atomic E-state index is 10.3. The molecule has 0 unspecified atom stereocenters. The van der Waals surface area contributed by atoms with Crippen LogP contribution in [0.5, 0.6) is 5.75 Å². The molecular formula is C12H9O3. The Labute approximate surface area is 87.3 Å². The summed E-state index contributed by atoms with van der Waals surface area (Å²) in [6, 6.07) is 10.7. The lowest BCUT2D eigenvalue weighted by atomic mass is 10.2. The number of methoxy groups -OCH3 is 1. The van der Waals surface area contributed by atoms with Crippen LogP contribution < -0.4 is 4.74 Å². The molecule has 1 aromatic carbocycles. The maximum atomic E-state index is 10.3. The molecule has 0 aliphatic rings. The average Bonchev–Trinajstić information content (AvgIpc) is 2.78. The normalized spacial score (nSPS) is 9.93. The SMILES string of the molecule is COc1ccc(-c2ccc([C]=O)o2)cc1. The molecule has 15 heavy (non-hydrogen) atoms. The number of carbonyl (C=O) groups excluding carboxylic acids is 1. The molecule has 0 aliphatic carbocycles. The van der Waals surface area contributed by atoms with Crippen LogP contribution in [-0.2, 0) is 4.79 Å². The second-order valence-corrected chi connectivity index (χ2v) is 2.99. The molecular weight excluding hydrogens is 192 g/mol. The lowest BCUT2D eigenvalue weighted by Crippen LogP contribution is -1.81. The lowest BCUT2D eigenvalue weighted by Gasteiger charge is -2.00. The fourth-order valence-electron chi connectivity index (χ4n) is 1.30. The topological polar surface area (TPSA) is 39.4 Å². The minimum atomic E-state index is 0.209. The highest BCUT2D eigenvalue weighted by atomic mass is 16.5. The Balaban J connectivity index is 2.32. The zero-order valence-corrected chi connectivity index (χ0v) is 8.19. The van der Waals surface area contributed by atoms with Crippen LogP contribution >= 0.6 is 0 Å². The minimum absolute atomic E-state index is 0.209. The van der Waals surface area contributed by atoms with E-state index >= 15 is 0 Å². The molecule has 0 N–H and O–H groups in total. The molecule has 0 saturated carbocycles. The van der Waals surface area contributed by atoms with Crippen molar-refractivity contribution in [3.8, 4) is 17.1 Å². The number of hydrogen-bond donors (Lipinski definition) is 0. The van der Waals surface area contributed by atoms with Gasteiger partial charge < -0.3 is 9.15 Å². The molecule has 75 valence electrons. The summed E-state index contributed by atoms with van der Waals surface area (Å²) in [5, 5.41) is 0. The van der Waals surface area contributed by atoms with Crippen LogP contribution in [0.15, 0.2) is 40.8 Å². The summed E-state index contributed by atoms with van der Waals surface area (Å²) in [6.07, 6.45) is 1.70. The number of ether oxygens (including phenoxy) is 1. The van der Waals surface area contributed by atoms with Gasteiger partial charge in [0.2, 0.25) is 0 Å². The monoisotopic (exact) mass is 201 g/mol. The van der Waals surface area contributed by atoms with Crippen LogP contribution in [-0.4, -0.2) is 13.4 Å². The summed E-state index contributed by atoms with van der Waals surface area (Å²) in [5.74, 6) is 1.64. The molecule has 1 radical (unpaired) electrons. The van der Waals surface area contributed by atoms with Gasteiger partial charge in [0.25, 0.3) is 6.29 Å². The highest BCUT2D eigenvalue weighted by Gasteiger charge is 2.04. The molecule has 2 rings (SSSR count). The second-order valence-electron chi connectivity index (χ2n) is 2.99. The predicted molar refractivity (Wildman–Crippen MR) is 55.5 cm³/mol. The summed E-state index contributed by atoms with van der Waals surface area (Å²) < 4.78 is 10.3. The Kier molecular flexibility index (Phi) is 2.54. The molecule has 0 bridgehead atoms. The van der Waals surface area contributed by atoms with E-state index < -0.39 is 0 Å². The molecule has 0 fully saturated rings. The third-order valence-electron chi connectivity index (χ3n) is 2.08. The molecule has 2 aromatic rings. The quantitative estimate of drug-likeness (QED) is 0.765. The average molecular weight is 201 g/mol. The highest BCUT2D eigenvalue weighted by molar-refractivity contribution is 5.73. The van der Waals surface area contributed by atoms with Crippen LogP contribution in [0.4, 0.5) is 0 Å². The summed E-state index contributed by atoms with van der Waals surface area (Å²) in [7, 11) is 1.61. The number of benzene rings is 1. The van der Waals surface area contributed by atoms with Crippen LogP contribution in [0.1, 0.15) is 5.76 Å². The fraction of sp³-hybridized carbons (Fsp3) is 0.0833. The largest absolute Gasteiger partial charge is 0.497 e. The smallest absolute Gasteiger partial charge is 0.271 e. The van der Waals surface area contributed by atoms with Gasteiger partial charge in [0.05, 0.1) is 7.11 Å². The fourth-order valence-corrected chi connectivity index (χ4v) is 1.30. The number of hydrogen-bond acceptors (Lipinski definition) is 3. The van der Waals surface area contributed by atoms with Gasteiger partial charge in [-0.05, 0) is 36.4 Å². The predicted octanol–water partition coefficient (Wildman–Crippen LogP) is 2.41. The van der Waals surface area contributed by atoms with Gasteiger partial charge in [-0.25, -0.2) is 0 Å². The Morgan fingerprint density at radius 1 is 1.13 bits per heavy atom. The van der Waals surface area contributed by atoms with E-state index in [9.17, 15) is 4.79 Å². The van der Waals surface area contributed by atoms with Crippen molar-refractivity contribution in [1.29, 1.82) is 0 Å². The van der Waals surface area contributed by atoms with Gasteiger partial charge in [-0.1, -0.05) is 0 Å². The van der Waals surface area contributed by atoms with Gasteiger partial charge in [0.15, 0.2) is 5.76 Å². The van der Waals surface area contributed by atoms with Crippen LogP contribution in [0.2, 0.25) is 0 Å². The Hall–Kier alpha value is -2.03. The van der Waals surface area contributed by atoms with E-state index in [0.717, 1.165) is 11.3 Å². The Morgan fingerprint density at radius 3 is 2.40 bits per heavy atom. The van der Waals surface area contributed by atoms with Crippen molar-refractivity contribution in [3.63, 3.8) is 0 Å². The molecule has 3 heteroatoms. The number of furan rings is 1. The van der Waals surface area contributed by atoms with E-state index in [2.05, 4.69) is 0 Å². The molecule has 1 heterocycles. The maximum Gasteiger partial charge on any atom is 0.271 e. The molecule has 0 amide bonds. The van der Waals surface area contributed by atoms with Crippen LogP contribution in [0.25, 0.3) is 11.3 Å². The van der Waals surface area contributed by atoms with Crippen molar-refractivity contribution in [2.24, 2.45) is 0 Å². The van der Waals surface area contributed by atoms with Gasteiger partial charge in [-0.3, -0.25) is 4.79 Å². The molecule has 3 nitrogen and oxygen atoms in total. The third kappa shape index (κ3) is 1.91. The van der Waals surface area contributed by atoms with Crippen molar-refractivity contribution in [3.05, 3.63) is 42.2 Å². The minimum Gasteiger partial charge on any atom is -0.497 e. The van der Waals surface area contributed by atoms with Gasteiger partial charge >= 0.3 is 0 Å². The molecule has 0 aliphatic heterocycles. The van der Waals surface area contributed by atoms with Crippen molar-refractivity contribution in [2.75, 3.05) is 7.11 Å². The van der Waals surface area contributed by atoms with E-state index in [-0.39, 0.29) is 5.76 Å². The summed E-state index contributed by atoms with van der Waals surface area (Å²) in [4.78, 5) is 10.3. The van der Waals surface area contributed by atoms with E-state index in [0.29, 0.717) is 5.76 Å². The summed E-state index contributed by atoms with van der Waals surface area (Å²) in [6.45, 7) is 0. The number of rotatable bonds is 3. The van der Waals surface area contributed by atoms with E-state index in [4.69, 9.17) is 9.15 Å². The van der Waals surface area contributed by atoms with Crippen molar-refractivity contribution < 1.29 is 13.9 Å². The Bertz CT molecular complexity index is 454. The lowest BCUT2D eigenvalue weighted by molar-refractivity contribution is 0.415. The van der Waals surface area contributed by atoms with Gasteiger partial charge in [-0.2, -0.15) is 0 Å². The van der Waals surface area contributed by atoms with Gasteiger partial charge in [-0.15, -0.1) is 0 Å². The van der Waals surface area contributed by atoms with Crippen molar-refractivity contribution in [1.82, 2.24) is 0 Å². The van der Waals surface area contributed by atoms with Crippen molar-refractivity contribution in [2.45, 2.75) is 0 Å². The first-order valence-corrected chi connectivity index (χ1v) is 4.46. The standard InChI is InChI=1S/C12H9O3/c1-14-10-4-2-9(3-5-10)12-7-6-11(8-13)15-12/h2-7H,1H3. The zero-order chi connectivity index (χ0) is 10.7. The summed E-state index contributed by atoms with van der Waals surface area (Å²) in [5.41, 5.74) is 0.900. The zero-order valence-electron chi connectivity index (χ0n) is 8.19. The first-order valence-electron chi connectivity index (χ1n) is 4.46. The van der Waals surface area contributed by atoms with E-state index in [1.54, 1.807) is 25.5 Å². The highest BCUT2D eigenvalue weighted by Crippen LogP contribution is 2.23. The van der Waals surface area contributed by atoms with E-state index in [1.165, 1.54) is 0 Å². The first-order chi connectivity index (χ1) is 7.33. The third-order valence-corrected chi connectivity index (χ3v) is 2.08. The van der Waals surface area contributed by atoms with E-state index in [1.807, 2.05) is 24.3 Å². The molecule has 0 spiro atoms. The summed E-state index contributed by atoms with van der Waals surface area (Å²) >= 11 is 0. The molecule has 1 aromatic heterocycles. The molecule has 0 saturated heterocycles. The Morgan fingerprint density at radius 2 is 1.87 bits per heavy atom. The van der Waals surface area contributed by atoms with Gasteiger partial charge in [0, 0.05) is 5.56 Å².